The van der Waals surface area contributed by atoms with Gasteiger partial charge in [0.1, 0.15) is 0 Å². The van der Waals surface area contributed by atoms with Crippen LogP contribution in [0.1, 0.15) is 10.4 Å². The molecule has 1 aromatic carbocycles. The van der Waals surface area contributed by atoms with E-state index in [2.05, 4.69) is 16.3 Å². The van der Waals surface area contributed by atoms with E-state index < -0.39 is 11.9 Å². The molecule has 0 heterocycles. The van der Waals surface area contributed by atoms with Gasteiger partial charge in [-0.15, -0.1) is 0 Å². The molecule has 18 heavy (non-hydrogen) atoms. The Morgan fingerprint density at radius 3 is 2.33 bits per heavy atom. The zero-order valence-electron chi connectivity index (χ0n) is 9.75. The molecule has 0 bridgehead atoms. The first-order valence-corrected chi connectivity index (χ1v) is 5.65. The van der Waals surface area contributed by atoms with Crippen molar-refractivity contribution in [2.75, 3.05) is 14.1 Å². The number of carbonyl (C=O) groups is 2. The van der Waals surface area contributed by atoms with E-state index in [0.717, 1.165) is 0 Å². The molecule has 8 heteroatoms. The average Bonchev–Trinajstić information content (AvgIpc) is 2.28. The number of carbonyl (C=O) groups excluding carboxylic acids is 2. The molecule has 0 radical (unpaired) electrons. The maximum Gasteiger partial charge on any atom is 0.347 e. The zero-order valence-corrected chi connectivity index (χ0v) is 11.3. The molecule has 0 fully saturated rings. The topological polar surface area (TPSA) is 73.5 Å². The van der Waals surface area contributed by atoms with E-state index >= 15 is 0 Å². The molecular weight excluding hydrogens is 279 g/mol. The number of amides is 3. The first-order chi connectivity index (χ1) is 8.40. The first-order valence-electron chi connectivity index (χ1n) is 4.89. The number of benzene rings is 1. The van der Waals surface area contributed by atoms with E-state index in [1.54, 1.807) is 14.1 Å². The van der Waals surface area contributed by atoms with Gasteiger partial charge in [0.25, 0.3) is 5.91 Å². The number of rotatable bonds is 2. The Morgan fingerprint density at radius 2 is 1.78 bits per heavy atom. The first kappa shape index (κ1) is 14.6. The van der Waals surface area contributed by atoms with Crippen molar-refractivity contribution in [2.24, 2.45) is 0 Å². The van der Waals surface area contributed by atoms with E-state index in [4.69, 9.17) is 23.2 Å². The van der Waals surface area contributed by atoms with Crippen LogP contribution in [0.2, 0.25) is 10.0 Å². The van der Waals surface area contributed by atoms with Crippen molar-refractivity contribution >= 4 is 35.1 Å². The third-order valence-corrected chi connectivity index (χ3v) is 2.54. The van der Waals surface area contributed by atoms with Crippen molar-refractivity contribution in [3.8, 4) is 0 Å². The van der Waals surface area contributed by atoms with Crippen LogP contribution >= 0.6 is 23.2 Å². The van der Waals surface area contributed by atoms with Crippen LogP contribution in [0.4, 0.5) is 4.79 Å². The highest BCUT2D eigenvalue weighted by Crippen LogP contribution is 2.22. The maximum atomic E-state index is 11.6. The maximum absolute atomic E-state index is 11.6. The molecule has 0 aromatic heterocycles. The van der Waals surface area contributed by atoms with E-state index in [9.17, 15) is 9.59 Å². The molecule has 0 saturated carbocycles. The summed E-state index contributed by atoms with van der Waals surface area (Å²) in [5.74, 6) is -0.498. The van der Waals surface area contributed by atoms with Crippen LogP contribution in [-0.2, 0) is 0 Å². The Hall–Kier alpha value is -1.50. The Morgan fingerprint density at radius 1 is 1.11 bits per heavy atom. The van der Waals surface area contributed by atoms with E-state index in [0.29, 0.717) is 5.02 Å². The van der Waals surface area contributed by atoms with Gasteiger partial charge in [0.2, 0.25) is 0 Å². The van der Waals surface area contributed by atoms with Crippen LogP contribution in [0, 0.1) is 0 Å². The highest BCUT2D eigenvalue weighted by Gasteiger charge is 2.09. The number of hydrazine groups is 2. The minimum absolute atomic E-state index is 0.266. The summed E-state index contributed by atoms with van der Waals surface area (Å²) in [6.07, 6.45) is 0. The predicted molar refractivity (Wildman–Crippen MR) is 69.3 cm³/mol. The molecule has 0 atom stereocenters. The lowest BCUT2D eigenvalue weighted by molar-refractivity contribution is 0.0933. The van der Waals surface area contributed by atoms with E-state index in [1.165, 1.54) is 23.2 Å². The lowest BCUT2D eigenvalue weighted by Crippen LogP contribution is -2.50. The SMILES string of the molecule is CN(C)NC(=O)NNC(=O)c1ccc(Cl)c(Cl)c1. The predicted octanol–water partition coefficient (Wildman–Crippen LogP) is 1.41. The normalized spacial score (nSPS) is 10.1. The summed E-state index contributed by atoms with van der Waals surface area (Å²) in [6, 6.07) is 3.84. The van der Waals surface area contributed by atoms with Crippen molar-refractivity contribution < 1.29 is 9.59 Å². The standard InChI is InChI=1S/C10H12Cl2N4O2/c1-16(2)15-10(18)14-13-9(17)6-3-4-7(11)8(12)5-6/h3-5H,1-2H3,(H,13,17)(H2,14,15,18). The molecule has 0 aliphatic heterocycles. The third kappa shape index (κ3) is 4.40. The Balaban J connectivity index is 2.55. The van der Waals surface area contributed by atoms with E-state index in [-0.39, 0.29) is 10.6 Å². The number of halogens is 2. The van der Waals surface area contributed by atoms with Crippen LogP contribution in [0.15, 0.2) is 18.2 Å². The Kier molecular flexibility index (Phi) is 5.21. The van der Waals surface area contributed by atoms with Crippen molar-refractivity contribution in [3.63, 3.8) is 0 Å². The zero-order chi connectivity index (χ0) is 13.7. The summed E-state index contributed by atoms with van der Waals surface area (Å²) >= 11 is 11.5. The van der Waals surface area contributed by atoms with Gasteiger partial charge in [0.05, 0.1) is 10.0 Å². The molecule has 1 rings (SSSR count). The largest absolute Gasteiger partial charge is 0.347 e. The van der Waals surface area contributed by atoms with Gasteiger partial charge in [-0.1, -0.05) is 23.2 Å². The number of nitrogens with zero attached hydrogens (tertiary/aromatic N) is 1. The Bertz CT molecular complexity index is 465. The van der Waals surface area contributed by atoms with Gasteiger partial charge in [-0.2, -0.15) is 0 Å². The van der Waals surface area contributed by atoms with Crippen LogP contribution < -0.4 is 16.3 Å². The highest BCUT2D eigenvalue weighted by molar-refractivity contribution is 6.42. The summed E-state index contributed by atoms with van der Waals surface area (Å²) in [5, 5.41) is 2.05. The van der Waals surface area contributed by atoms with Gasteiger partial charge in [-0.05, 0) is 18.2 Å². The van der Waals surface area contributed by atoms with Gasteiger partial charge < -0.3 is 0 Å². The summed E-state index contributed by atoms with van der Waals surface area (Å²) < 4.78 is 0. The molecular formula is C10H12Cl2N4O2. The van der Waals surface area contributed by atoms with Crippen molar-refractivity contribution in [3.05, 3.63) is 33.8 Å². The van der Waals surface area contributed by atoms with Gasteiger partial charge in [-0.3, -0.25) is 15.6 Å². The summed E-state index contributed by atoms with van der Waals surface area (Å²) in [5.41, 5.74) is 7.08. The van der Waals surface area contributed by atoms with Crippen molar-refractivity contribution in [1.29, 1.82) is 0 Å². The molecule has 0 spiro atoms. The quantitative estimate of drug-likeness (QED) is 0.721. The van der Waals surface area contributed by atoms with Crippen molar-refractivity contribution in [1.82, 2.24) is 21.3 Å². The van der Waals surface area contributed by atoms with Crippen LogP contribution in [0.3, 0.4) is 0 Å². The smallest absolute Gasteiger partial charge is 0.270 e. The number of urea groups is 1. The molecule has 1 aromatic rings. The molecule has 3 N–H and O–H groups in total. The van der Waals surface area contributed by atoms with Gasteiger partial charge in [-0.25, -0.2) is 15.2 Å². The molecule has 0 unspecified atom stereocenters. The van der Waals surface area contributed by atoms with Gasteiger partial charge >= 0.3 is 6.03 Å². The second kappa shape index (κ2) is 6.44. The second-order valence-corrected chi connectivity index (χ2v) is 4.36. The minimum Gasteiger partial charge on any atom is -0.270 e. The fourth-order valence-corrected chi connectivity index (χ4v) is 1.35. The van der Waals surface area contributed by atoms with Gasteiger partial charge in [0.15, 0.2) is 0 Å². The third-order valence-electron chi connectivity index (χ3n) is 1.80. The highest BCUT2D eigenvalue weighted by atomic mass is 35.5. The molecule has 98 valence electrons. The number of hydrogen-bond donors (Lipinski definition) is 3. The lowest BCUT2D eigenvalue weighted by atomic mass is 10.2. The average molecular weight is 291 g/mol. The molecule has 6 nitrogen and oxygen atoms in total. The molecule has 0 aliphatic rings. The second-order valence-electron chi connectivity index (χ2n) is 3.54. The summed E-state index contributed by atoms with van der Waals surface area (Å²) in [7, 11) is 3.28. The molecule has 3 amide bonds. The lowest BCUT2D eigenvalue weighted by Gasteiger charge is -2.13. The minimum atomic E-state index is -0.562. The number of hydrogen-bond acceptors (Lipinski definition) is 3. The fourth-order valence-electron chi connectivity index (χ4n) is 1.05. The monoisotopic (exact) mass is 290 g/mol. The van der Waals surface area contributed by atoms with Crippen LogP contribution in [-0.4, -0.2) is 31.0 Å². The molecule has 0 aliphatic carbocycles. The van der Waals surface area contributed by atoms with E-state index in [1.807, 2.05) is 0 Å². The van der Waals surface area contributed by atoms with Crippen LogP contribution in [0.5, 0.6) is 0 Å². The molecule has 0 saturated heterocycles. The summed E-state index contributed by atoms with van der Waals surface area (Å²) in [4.78, 5) is 22.8. The van der Waals surface area contributed by atoms with Gasteiger partial charge in [0, 0.05) is 19.7 Å². The van der Waals surface area contributed by atoms with Crippen LogP contribution in [0.25, 0.3) is 0 Å². The summed E-state index contributed by atoms with van der Waals surface area (Å²) in [6.45, 7) is 0. The van der Waals surface area contributed by atoms with Crippen molar-refractivity contribution in [2.45, 2.75) is 0 Å². The fraction of sp³-hybridized carbons (Fsp3) is 0.200. The number of nitrogens with one attached hydrogen (secondary N) is 3. The Labute approximate surface area is 114 Å².